The van der Waals surface area contributed by atoms with Crippen LogP contribution in [0.5, 0.6) is 5.75 Å². The first kappa shape index (κ1) is 10.9. The maximum absolute atomic E-state index is 5.74. The van der Waals surface area contributed by atoms with Crippen LogP contribution in [0, 0.1) is 0 Å². The summed E-state index contributed by atoms with van der Waals surface area (Å²) in [5, 5.41) is 0. The molecule has 0 saturated heterocycles. The molecule has 0 aliphatic heterocycles. The minimum absolute atomic E-state index is 0.121. The highest BCUT2D eigenvalue weighted by Gasteiger charge is 2.06. The van der Waals surface area contributed by atoms with Crippen LogP contribution in [0.15, 0.2) is 18.2 Å². The van der Waals surface area contributed by atoms with Crippen LogP contribution in [0.25, 0.3) is 0 Å². The molecule has 0 bridgehead atoms. The quantitative estimate of drug-likeness (QED) is 0.715. The number of ether oxygens (including phenoxy) is 1. The molecule has 0 fully saturated rings. The number of rotatable bonds is 4. The molecule has 0 aliphatic rings. The second-order valence-corrected chi connectivity index (χ2v) is 3.48. The molecule has 1 aromatic carbocycles. The molecule has 78 valence electrons. The van der Waals surface area contributed by atoms with Gasteiger partial charge in [0.15, 0.2) is 0 Å². The number of benzene rings is 1. The Bertz CT molecular complexity index is 297. The van der Waals surface area contributed by atoms with E-state index in [1.54, 1.807) is 0 Å². The second-order valence-electron chi connectivity index (χ2n) is 3.48. The van der Waals surface area contributed by atoms with E-state index in [0.29, 0.717) is 6.61 Å². The van der Waals surface area contributed by atoms with E-state index in [1.165, 1.54) is 0 Å². The zero-order valence-electron chi connectivity index (χ0n) is 8.79. The van der Waals surface area contributed by atoms with Crippen molar-refractivity contribution < 1.29 is 4.74 Å². The first-order valence-corrected chi connectivity index (χ1v) is 4.90. The molecule has 3 nitrogen and oxygen atoms in total. The zero-order valence-corrected chi connectivity index (χ0v) is 8.79. The fourth-order valence-corrected chi connectivity index (χ4v) is 1.40. The van der Waals surface area contributed by atoms with Gasteiger partial charge < -0.3 is 16.2 Å². The van der Waals surface area contributed by atoms with Crippen molar-refractivity contribution >= 4 is 5.69 Å². The van der Waals surface area contributed by atoms with Crippen LogP contribution in [-0.2, 0) is 6.42 Å². The molecule has 0 radical (unpaired) electrons. The Morgan fingerprint density at radius 3 is 2.71 bits per heavy atom. The fraction of sp³-hybridized carbons (Fsp3) is 0.455. The molecule has 3 heteroatoms. The van der Waals surface area contributed by atoms with Gasteiger partial charge in [-0.15, -0.1) is 0 Å². The molecule has 1 unspecified atom stereocenters. The first-order valence-electron chi connectivity index (χ1n) is 4.90. The Morgan fingerprint density at radius 2 is 2.14 bits per heavy atom. The van der Waals surface area contributed by atoms with E-state index in [0.717, 1.165) is 23.4 Å². The summed E-state index contributed by atoms with van der Waals surface area (Å²) in [5.41, 5.74) is 13.3. The van der Waals surface area contributed by atoms with Crippen molar-refractivity contribution in [1.29, 1.82) is 0 Å². The van der Waals surface area contributed by atoms with Gasteiger partial charge >= 0.3 is 0 Å². The monoisotopic (exact) mass is 194 g/mol. The van der Waals surface area contributed by atoms with Crippen LogP contribution in [-0.4, -0.2) is 12.6 Å². The van der Waals surface area contributed by atoms with Crippen molar-refractivity contribution in [3.63, 3.8) is 0 Å². The van der Waals surface area contributed by atoms with E-state index >= 15 is 0 Å². The molecule has 1 atom stereocenters. The van der Waals surface area contributed by atoms with Crippen molar-refractivity contribution in [2.24, 2.45) is 5.73 Å². The summed E-state index contributed by atoms with van der Waals surface area (Å²) in [6.07, 6.45) is 0.792. The number of nitrogens with two attached hydrogens (primary N) is 2. The van der Waals surface area contributed by atoms with Gasteiger partial charge in [0.25, 0.3) is 0 Å². The lowest BCUT2D eigenvalue weighted by Gasteiger charge is -2.12. The molecule has 4 N–H and O–H groups in total. The molecule has 0 saturated carbocycles. The molecule has 0 heterocycles. The molecular weight excluding hydrogens is 176 g/mol. The van der Waals surface area contributed by atoms with E-state index < -0.39 is 0 Å². The average Bonchev–Trinajstić information content (AvgIpc) is 2.09. The predicted molar refractivity (Wildman–Crippen MR) is 59.4 cm³/mol. The highest BCUT2D eigenvalue weighted by atomic mass is 16.5. The summed E-state index contributed by atoms with van der Waals surface area (Å²) in [6.45, 7) is 4.60. The second kappa shape index (κ2) is 4.86. The predicted octanol–water partition coefficient (Wildman–Crippen LogP) is 1.56. The smallest absolute Gasteiger partial charge is 0.122 e. The Balaban J connectivity index is 2.90. The third-order valence-corrected chi connectivity index (χ3v) is 1.93. The van der Waals surface area contributed by atoms with Crippen LogP contribution >= 0.6 is 0 Å². The minimum atomic E-state index is 0.121. The van der Waals surface area contributed by atoms with Gasteiger partial charge in [-0.2, -0.15) is 0 Å². The van der Waals surface area contributed by atoms with E-state index in [-0.39, 0.29) is 6.04 Å². The number of hydrogen-bond donors (Lipinski definition) is 2. The third kappa shape index (κ3) is 2.92. The molecular formula is C11H18N2O. The van der Waals surface area contributed by atoms with Gasteiger partial charge in [0.1, 0.15) is 5.75 Å². The summed E-state index contributed by atoms with van der Waals surface area (Å²) in [7, 11) is 0. The van der Waals surface area contributed by atoms with Crippen LogP contribution in [0.2, 0.25) is 0 Å². The lowest BCUT2D eigenvalue weighted by atomic mass is 10.1. The summed E-state index contributed by atoms with van der Waals surface area (Å²) in [5.74, 6) is 0.888. The zero-order chi connectivity index (χ0) is 10.6. The number of hydrogen-bond acceptors (Lipinski definition) is 3. The Hall–Kier alpha value is -1.22. The van der Waals surface area contributed by atoms with Gasteiger partial charge in [0, 0.05) is 11.7 Å². The van der Waals surface area contributed by atoms with Crippen LogP contribution < -0.4 is 16.2 Å². The summed E-state index contributed by atoms with van der Waals surface area (Å²) in [4.78, 5) is 0. The lowest BCUT2D eigenvalue weighted by Crippen LogP contribution is -2.18. The minimum Gasteiger partial charge on any atom is -0.494 e. The molecule has 0 aromatic heterocycles. The van der Waals surface area contributed by atoms with E-state index in [9.17, 15) is 0 Å². The fourth-order valence-electron chi connectivity index (χ4n) is 1.40. The number of nitrogen functional groups attached to an aromatic ring is 1. The molecule has 14 heavy (non-hydrogen) atoms. The maximum Gasteiger partial charge on any atom is 0.122 e. The third-order valence-electron chi connectivity index (χ3n) is 1.93. The average molecular weight is 194 g/mol. The van der Waals surface area contributed by atoms with Gasteiger partial charge in [-0.25, -0.2) is 0 Å². The highest BCUT2D eigenvalue weighted by Crippen LogP contribution is 2.22. The van der Waals surface area contributed by atoms with E-state index in [4.69, 9.17) is 16.2 Å². The van der Waals surface area contributed by atoms with Crippen LogP contribution in [0.1, 0.15) is 19.4 Å². The van der Waals surface area contributed by atoms with Crippen molar-refractivity contribution in [3.05, 3.63) is 23.8 Å². The van der Waals surface area contributed by atoms with Gasteiger partial charge in [0.2, 0.25) is 0 Å². The molecule has 0 spiro atoms. The van der Waals surface area contributed by atoms with Gasteiger partial charge in [-0.1, -0.05) is 0 Å². The Labute approximate surface area is 85.0 Å². The molecule has 1 aromatic rings. The van der Waals surface area contributed by atoms with Gasteiger partial charge in [-0.05, 0) is 44.0 Å². The van der Waals surface area contributed by atoms with E-state index in [2.05, 4.69) is 0 Å². The topological polar surface area (TPSA) is 61.3 Å². The highest BCUT2D eigenvalue weighted by molar-refractivity contribution is 5.48. The summed E-state index contributed by atoms with van der Waals surface area (Å²) in [6, 6.07) is 5.79. The SMILES string of the molecule is CCOc1ccc(N)cc1CC(C)N. The summed E-state index contributed by atoms with van der Waals surface area (Å²) < 4.78 is 5.48. The normalized spacial score (nSPS) is 12.5. The number of anilines is 1. The largest absolute Gasteiger partial charge is 0.494 e. The Kier molecular flexibility index (Phi) is 3.77. The van der Waals surface area contributed by atoms with Gasteiger partial charge in [-0.3, -0.25) is 0 Å². The van der Waals surface area contributed by atoms with Crippen molar-refractivity contribution in [2.45, 2.75) is 26.3 Å². The standard InChI is InChI=1S/C11H18N2O/c1-3-14-11-5-4-10(13)7-9(11)6-8(2)12/h4-5,7-8H,3,6,12-13H2,1-2H3. The van der Waals surface area contributed by atoms with E-state index in [1.807, 2.05) is 32.0 Å². The first-order chi connectivity index (χ1) is 6.63. The maximum atomic E-state index is 5.74. The van der Waals surface area contributed by atoms with Crippen LogP contribution in [0.3, 0.4) is 0 Å². The summed E-state index contributed by atoms with van der Waals surface area (Å²) >= 11 is 0. The molecule has 1 rings (SSSR count). The van der Waals surface area contributed by atoms with Gasteiger partial charge in [0.05, 0.1) is 6.61 Å². The molecule has 0 amide bonds. The van der Waals surface area contributed by atoms with Crippen molar-refractivity contribution in [2.75, 3.05) is 12.3 Å². The Morgan fingerprint density at radius 1 is 1.43 bits per heavy atom. The lowest BCUT2D eigenvalue weighted by molar-refractivity contribution is 0.336. The van der Waals surface area contributed by atoms with Crippen molar-refractivity contribution in [1.82, 2.24) is 0 Å². The van der Waals surface area contributed by atoms with Crippen LogP contribution in [0.4, 0.5) is 5.69 Å². The van der Waals surface area contributed by atoms with Crippen molar-refractivity contribution in [3.8, 4) is 5.75 Å². The molecule has 0 aliphatic carbocycles.